The number of ether oxygens (including phenoxy) is 1. The first-order chi connectivity index (χ1) is 15.0. The van der Waals surface area contributed by atoms with E-state index >= 15 is 0 Å². The molecule has 2 aromatic carbocycles. The first-order valence-corrected chi connectivity index (χ1v) is 9.95. The maximum absolute atomic E-state index is 13.5. The molecule has 5 rings (SSSR count). The van der Waals surface area contributed by atoms with Gasteiger partial charge in [0.05, 0.1) is 32.5 Å². The average Bonchev–Trinajstić information content (AvgIpc) is 3.22. The molecule has 0 saturated heterocycles. The molecule has 0 unspecified atom stereocenters. The second-order valence-corrected chi connectivity index (χ2v) is 7.51. The summed E-state index contributed by atoms with van der Waals surface area (Å²) in [7, 11) is 0. The molecule has 1 amide bonds. The molecule has 3 aromatic heterocycles. The molecule has 0 radical (unpaired) electrons. The topological polar surface area (TPSA) is 133 Å². The number of primary amides is 1. The maximum Gasteiger partial charge on any atom is 0.409 e. The summed E-state index contributed by atoms with van der Waals surface area (Å²) in [6.45, 7) is 0. The van der Waals surface area contributed by atoms with Crippen LogP contribution in [0.25, 0.3) is 38.1 Å². The predicted molar refractivity (Wildman–Crippen MR) is 117 cm³/mol. The number of amides is 1. The van der Waals surface area contributed by atoms with Gasteiger partial charge < -0.3 is 15.5 Å². The Balaban J connectivity index is 1.77. The number of fused-ring (bicyclic) bond motifs is 2. The Kier molecular flexibility index (Phi) is 4.33. The minimum atomic E-state index is -0.938. The van der Waals surface area contributed by atoms with Gasteiger partial charge >= 0.3 is 6.09 Å². The van der Waals surface area contributed by atoms with E-state index in [9.17, 15) is 14.4 Å². The van der Waals surface area contributed by atoms with Crippen LogP contribution in [0.3, 0.4) is 0 Å². The third kappa shape index (κ3) is 3.34. The minimum absolute atomic E-state index is 0.235. The standard InChI is InChI=1S/C21H13N5O4S/c22-21(29)30-13-4-1-11(2-5-13)18-19-15(7-8-17(27)24-19)25-26(20(18)28)12-3-6-14-16(9-12)31-10-23-14/h1-10H,(H2,22,29)(H,24,27). The van der Waals surface area contributed by atoms with Crippen LogP contribution in [0.5, 0.6) is 5.75 Å². The molecule has 0 saturated carbocycles. The number of thiazole rings is 1. The summed E-state index contributed by atoms with van der Waals surface area (Å²) >= 11 is 1.46. The molecule has 10 heteroatoms. The molecule has 152 valence electrons. The maximum atomic E-state index is 13.5. The molecular formula is C21H13N5O4S. The quantitative estimate of drug-likeness (QED) is 0.451. The van der Waals surface area contributed by atoms with Gasteiger partial charge in [0.15, 0.2) is 0 Å². The second kappa shape index (κ2) is 7.18. The number of aromatic nitrogens is 4. The molecule has 0 aliphatic heterocycles. The number of pyridine rings is 1. The number of carbonyl (C=O) groups is 1. The van der Waals surface area contributed by atoms with Crippen molar-refractivity contribution in [2.24, 2.45) is 5.73 Å². The van der Waals surface area contributed by atoms with Crippen LogP contribution in [0, 0.1) is 0 Å². The number of carbonyl (C=O) groups excluding carboxylic acids is 1. The number of aromatic amines is 1. The van der Waals surface area contributed by atoms with Crippen molar-refractivity contribution in [3.63, 3.8) is 0 Å². The Labute approximate surface area is 177 Å². The van der Waals surface area contributed by atoms with Gasteiger partial charge in [-0.05, 0) is 42.0 Å². The summed E-state index contributed by atoms with van der Waals surface area (Å²) in [4.78, 5) is 43.4. The molecular weight excluding hydrogens is 418 g/mol. The lowest BCUT2D eigenvalue weighted by atomic mass is 10.1. The minimum Gasteiger partial charge on any atom is -0.411 e. The summed E-state index contributed by atoms with van der Waals surface area (Å²) in [6.07, 6.45) is -0.938. The fourth-order valence-electron chi connectivity index (χ4n) is 3.33. The van der Waals surface area contributed by atoms with Crippen molar-refractivity contribution in [2.45, 2.75) is 0 Å². The highest BCUT2D eigenvalue weighted by Gasteiger charge is 2.16. The van der Waals surface area contributed by atoms with Crippen LogP contribution in [0.15, 0.2) is 69.7 Å². The first-order valence-electron chi connectivity index (χ1n) is 9.07. The first kappa shape index (κ1) is 18.7. The lowest BCUT2D eigenvalue weighted by Crippen LogP contribution is -2.24. The number of hydrogen-bond acceptors (Lipinski definition) is 7. The van der Waals surface area contributed by atoms with E-state index in [1.807, 2.05) is 12.1 Å². The van der Waals surface area contributed by atoms with E-state index in [4.69, 9.17) is 10.5 Å². The van der Waals surface area contributed by atoms with Gasteiger partial charge in [0.1, 0.15) is 11.3 Å². The van der Waals surface area contributed by atoms with Crippen LogP contribution in [0.1, 0.15) is 0 Å². The van der Waals surface area contributed by atoms with Gasteiger partial charge in [-0.25, -0.2) is 9.78 Å². The van der Waals surface area contributed by atoms with Gasteiger partial charge in [-0.2, -0.15) is 9.78 Å². The van der Waals surface area contributed by atoms with E-state index < -0.39 is 11.7 Å². The van der Waals surface area contributed by atoms with Gasteiger partial charge in [-0.15, -0.1) is 11.3 Å². The van der Waals surface area contributed by atoms with E-state index in [2.05, 4.69) is 15.1 Å². The lowest BCUT2D eigenvalue weighted by Gasteiger charge is -2.11. The number of nitrogens with two attached hydrogens (primary N) is 1. The van der Waals surface area contributed by atoms with Crippen molar-refractivity contribution in [1.82, 2.24) is 19.7 Å². The van der Waals surface area contributed by atoms with Gasteiger partial charge in [-0.1, -0.05) is 12.1 Å². The van der Waals surface area contributed by atoms with Crippen LogP contribution in [0.2, 0.25) is 0 Å². The van der Waals surface area contributed by atoms with Crippen LogP contribution >= 0.6 is 11.3 Å². The summed E-state index contributed by atoms with van der Waals surface area (Å²) < 4.78 is 7.06. The van der Waals surface area contributed by atoms with Crippen LogP contribution in [0.4, 0.5) is 4.79 Å². The third-order valence-corrected chi connectivity index (χ3v) is 5.47. The van der Waals surface area contributed by atoms with E-state index in [0.717, 1.165) is 10.2 Å². The Morgan fingerprint density at radius 3 is 2.58 bits per heavy atom. The van der Waals surface area contributed by atoms with E-state index in [-0.39, 0.29) is 16.9 Å². The zero-order valence-electron chi connectivity index (χ0n) is 15.7. The van der Waals surface area contributed by atoms with Crippen LogP contribution in [-0.4, -0.2) is 25.8 Å². The Bertz CT molecular complexity index is 1580. The van der Waals surface area contributed by atoms with Crippen LogP contribution < -0.4 is 21.6 Å². The fraction of sp³-hybridized carbons (Fsp3) is 0. The zero-order valence-corrected chi connectivity index (χ0v) is 16.6. The number of nitrogens with one attached hydrogen (secondary N) is 1. The third-order valence-electron chi connectivity index (χ3n) is 4.68. The number of benzene rings is 2. The van der Waals surface area contributed by atoms with Crippen LogP contribution in [-0.2, 0) is 0 Å². The second-order valence-electron chi connectivity index (χ2n) is 6.62. The molecule has 0 aliphatic carbocycles. The average molecular weight is 431 g/mol. The van der Waals surface area contributed by atoms with Crippen molar-refractivity contribution in [1.29, 1.82) is 0 Å². The number of nitrogens with zero attached hydrogens (tertiary/aromatic N) is 3. The molecule has 0 atom stereocenters. The number of rotatable bonds is 3. The Hall–Kier alpha value is -4.31. The van der Waals surface area contributed by atoms with Gasteiger partial charge in [0.2, 0.25) is 5.56 Å². The molecule has 0 aliphatic rings. The molecule has 31 heavy (non-hydrogen) atoms. The largest absolute Gasteiger partial charge is 0.411 e. The smallest absolute Gasteiger partial charge is 0.409 e. The van der Waals surface area contributed by atoms with E-state index in [1.165, 1.54) is 34.2 Å². The van der Waals surface area contributed by atoms with Crippen molar-refractivity contribution < 1.29 is 9.53 Å². The summed E-state index contributed by atoms with van der Waals surface area (Å²) in [5.41, 5.74) is 8.94. The number of hydrogen-bond donors (Lipinski definition) is 2. The number of H-pyrrole nitrogens is 1. The van der Waals surface area contributed by atoms with E-state index in [0.29, 0.717) is 22.3 Å². The van der Waals surface area contributed by atoms with Gasteiger partial charge in [-0.3, -0.25) is 9.59 Å². The SMILES string of the molecule is NC(=O)Oc1ccc(-c2c(=O)n(-c3ccc4ncsc4c3)nc3ccc(=O)[nH]c23)cc1. The normalized spacial score (nSPS) is 11.1. The highest BCUT2D eigenvalue weighted by molar-refractivity contribution is 7.16. The van der Waals surface area contributed by atoms with Gasteiger partial charge in [0, 0.05) is 6.07 Å². The Morgan fingerprint density at radius 1 is 1.03 bits per heavy atom. The van der Waals surface area contributed by atoms with Gasteiger partial charge in [0.25, 0.3) is 5.56 Å². The molecule has 0 fully saturated rings. The molecule has 5 aromatic rings. The van der Waals surface area contributed by atoms with Crippen molar-refractivity contribution >= 4 is 38.7 Å². The monoisotopic (exact) mass is 431 g/mol. The van der Waals surface area contributed by atoms with Crippen molar-refractivity contribution in [2.75, 3.05) is 0 Å². The fourth-order valence-corrected chi connectivity index (χ4v) is 4.04. The predicted octanol–water partition coefficient (Wildman–Crippen LogP) is 2.81. The van der Waals surface area contributed by atoms with Crippen molar-refractivity contribution in [3.8, 4) is 22.6 Å². The summed E-state index contributed by atoms with van der Waals surface area (Å²) in [5, 5.41) is 4.45. The molecule has 3 heterocycles. The zero-order chi connectivity index (χ0) is 21.5. The lowest BCUT2D eigenvalue weighted by molar-refractivity contribution is 0.211. The molecule has 3 N–H and O–H groups in total. The molecule has 0 spiro atoms. The summed E-state index contributed by atoms with van der Waals surface area (Å²) in [5.74, 6) is 0.235. The highest BCUT2D eigenvalue weighted by atomic mass is 32.1. The van der Waals surface area contributed by atoms with Crippen molar-refractivity contribution in [3.05, 3.63) is 80.8 Å². The van der Waals surface area contributed by atoms with E-state index in [1.54, 1.807) is 29.8 Å². The highest BCUT2D eigenvalue weighted by Crippen LogP contribution is 2.26. The molecule has 9 nitrogen and oxygen atoms in total. The summed E-state index contributed by atoms with van der Waals surface area (Å²) in [6, 6.07) is 14.6. The molecule has 0 bridgehead atoms. The Morgan fingerprint density at radius 2 is 1.81 bits per heavy atom.